The summed E-state index contributed by atoms with van der Waals surface area (Å²) in [5.41, 5.74) is 7.59. The molecule has 182 valence electrons. The Morgan fingerprint density at radius 3 is 0.848 bits per heavy atom. The first-order valence-electron chi connectivity index (χ1n) is 12.3. The molecule has 2 aromatic carbocycles. The molecule has 0 radical (unpaired) electrons. The van der Waals surface area contributed by atoms with Crippen LogP contribution >= 0.6 is 0 Å². The summed E-state index contributed by atoms with van der Waals surface area (Å²) in [6.07, 6.45) is 0. The fourth-order valence-electron chi connectivity index (χ4n) is 4.23. The third kappa shape index (κ3) is 6.80. The fourth-order valence-corrected chi connectivity index (χ4v) is 5.15. The Morgan fingerprint density at radius 1 is 0.455 bits per heavy atom. The van der Waals surface area contributed by atoms with Crippen LogP contribution in [0.3, 0.4) is 0 Å². The molecule has 2 aromatic rings. The van der Waals surface area contributed by atoms with Crippen LogP contribution in [0.4, 0.5) is 0 Å². The largest absolute Gasteiger partial charge is 0.832 e. The molecule has 3 heteroatoms. The zero-order chi connectivity index (χ0) is 25.6. The Bertz CT molecular complexity index is 838. The molecule has 0 aromatic heterocycles. The van der Waals surface area contributed by atoms with Crippen molar-refractivity contribution in [2.24, 2.45) is 0 Å². The monoisotopic (exact) mass is 466 g/mol. The second-order valence-corrected chi connectivity index (χ2v) is 14.6. The van der Waals surface area contributed by atoms with E-state index in [1.807, 2.05) is 0 Å². The maximum atomic E-state index is 6.66. The first-order chi connectivity index (χ1) is 14.7. The van der Waals surface area contributed by atoms with Crippen LogP contribution in [0.1, 0.15) is 116 Å². The van der Waals surface area contributed by atoms with E-state index in [2.05, 4.69) is 121 Å². The molecule has 0 amide bonds. The van der Waals surface area contributed by atoms with Crippen molar-refractivity contribution in [2.45, 2.75) is 119 Å². The van der Waals surface area contributed by atoms with Gasteiger partial charge in [0.1, 0.15) is 0 Å². The summed E-state index contributed by atoms with van der Waals surface area (Å²) >= 11 is -1.33. The van der Waals surface area contributed by atoms with Crippen molar-refractivity contribution in [3.8, 4) is 11.5 Å². The highest BCUT2D eigenvalue weighted by Gasteiger charge is 2.30. The molecule has 0 fully saturated rings. The lowest BCUT2D eigenvalue weighted by Gasteiger charge is -2.33. The van der Waals surface area contributed by atoms with Crippen LogP contribution in [0.25, 0.3) is 0 Å². The van der Waals surface area contributed by atoms with Crippen molar-refractivity contribution in [3.05, 3.63) is 57.6 Å². The average Bonchev–Trinajstić information content (AvgIpc) is 2.59. The Morgan fingerprint density at radius 2 is 0.667 bits per heavy atom. The Kier molecular flexibility index (Phi) is 7.85. The SMILES string of the molecule is Cc1cc(C(C)(C)C)c([O][AlH][O]c2c(C(C)(C)C)cc(C)cc2C(C)(C)C)c(C(C)(C)C)c1. The summed E-state index contributed by atoms with van der Waals surface area (Å²) < 4.78 is 13.3. The molecule has 2 nitrogen and oxygen atoms in total. The van der Waals surface area contributed by atoms with E-state index >= 15 is 0 Å². The summed E-state index contributed by atoms with van der Waals surface area (Å²) in [7, 11) is 0. The first kappa shape index (κ1) is 27.8. The van der Waals surface area contributed by atoms with Gasteiger partial charge in [0.25, 0.3) is 0 Å². The average molecular weight is 467 g/mol. The molecule has 0 bridgehead atoms. The lowest BCUT2D eigenvalue weighted by molar-refractivity contribution is 0.413. The van der Waals surface area contributed by atoms with E-state index in [1.165, 1.54) is 33.4 Å². The van der Waals surface area contributed by atoms with E-state index in [0.29, 0.717) is 0 Å². The lowest BCUT2D eigenvalue weighted by atomic mass is 9.78. The molecule has 0 aliphatic heterocycles. The van der Waals surface area contributed by atoms with Crippen molar-refractivity contribution >= 4 is 15.9 Å². The second kappa shape index (κ2) is 9.32. The van der Waals surface area contributed by atoms with Gasteiger partial charge < -0.3 is 7.58 Å². The first-order valence-corrected chi connectivity index (χ1v) is 13.4. The topological polar surface area (TPSA) is 18.5 Å². The minimum atomic E-state index is -1.33. The molecule has 0 unspecified atom stereocenters. The quantitative estimate of drug-likeness (QED) is 0.423. The van der Waals surface area contributed by atoms with E-state index in [9.17, 15) is 0 Å². The van der Waals surface area contributed by atoms with Crippen LogP contribution in [0.15, 0.2) is 24.3 Å². The maximum Gasteiger partial charge on any atom is 0.832 e. The summed E-state index contributed by atoms with van der Waals surface area (Å²) in [6, 6.07) is 9.13. The smallest absolute Gasteiger partial charge is 0.614 e. The van der Waals surface area contributed by atoms with Gasteiger partial charge in [-0.2, -0.15) is 0 Å². The van der Waals surface area contributed by atoms with Gasteiger partial charge in [0.2, 0.25) is 0 Å². The molecule has 0 aliphatic rings. The summed E-state index contributed by atoms with van der Waals surface area (Å²) in [5, 5.41) is 0. The van der Waals surface area contributed by atoms with E-state index in [0.717, 1.165) is 11.5 Å². The minimum absolute atomic E-state index is 0.00719. The lowest BCUT2D eigenvalue weighted by Crippen LogP contribution is -2.25. The zero-order valence-corrected chi connectivity index (χ0v) is 25.2. The molecule has 0 saturated carbocycles. The maximum absolute atomic E-state index is 6.66. The number of benzene rings is 2. The Hall–Kier alpha value is -1.43. The van der Waals surface area contributed by atoms with Crippen LogP contribution < -0.4 is 7.58 Å². The zero-order valence-electron chi connectivity index (χ0n) is 23.8. The third-order valence-electron chi connectivity index (χ3n) is 6.11. The number of hydrogen-bond acceptors (Lipinski definition) is 2. The van der Waals surface area contributed by atoms with Gasteiger partial charge in [-0.15, -0.1) is 0 Å². The van der Waals surface area contributed by atoms with Crippen LogP contribution in [0.2, 0.25) is 0 Å². The molecule has 33 heavy (non-hydrogen) atoms. The van der Waals surface area contributed by atoms with Crippen LogP contribution in [0, 0.1) is 13.8 Å². The van der Waals surface area contributed by atoms with E-state index in [1.54, 1.807) is 0 Å². The van der Waals surface area contributed by atoms with E-state index in [4.69, 9.17) is 7.58 Å². The molecular weight excluding hydrogens is 419 g/mol. The molecule has 0 atom stereocenters. The standard InChI is InChI=1S/2C15H24O.Al.H/c2*1-10-8-11(14(2,3)4)13(16)12(9-10)15(5,6)7;;/h2*8-9,16H,1-7H3;;/q;;+2;/p-2. The predicted octanol–water partition coefficient (Wildman–Crippen LogP) is 8.22. The molecule has 0 spiro atoms. The van der Waals surface area contributed by atoms with Crippen molar-refractivity contribution in [1.82, 2.24) is 0 Å². The van der Waals surface area contributed by atoms with E-state index < -0.39 is 15.9 Å². The van der Waals surface area contributed by atoms with Crippen LogP contribution in [0.5, 0.6) is 11.5 Å². The van der Waals surface area contributed by atoms with Crippen LogP contribution in [-0.4, -0.2) is 15.9 Å². The van der Waals surface area contributed by atoms with Gasteiger partial charge in [-0.05, 0) is 57.8 Å². The Balaban J connectivity index is 2.56. The molecule has 0 N–H and O–H groups in total. The van der Waals surface area contributed by atoms with Gasteiger partial charge in [0.05, 0.1) is 11.5 Å². The highest BCUT2D eigenvalue weighted by Crippen LogP contribution is 2.42. The van der Waals surface area contributed by atoms with Gasteiger partial charge in [-0.3, -0.25) is 0 Å². The molecule has 2 rings (SSSR count). The molecular formula is C30H47AlO2. The predicted molar refractivity (Wildman–Crippen MR) is 146 cm³/mol. The van der Waals surface area contributed by atoms with E-state index in [-0.39, 0.29) is 21.7 Å². The highest BCUT2D eigenvalue weighted by molar-refractivity contribution is 6.21. The van der Waals surface area contributed by atoms with Crippen molar-refractivity contribution in [3.63, 3.8) is 0 Å². The van der Waals surface area contributed by atoms with Gasteiger partial charge in [0.15, 0.2) is 0 Å². The summed E-state index contributed by atoms with van der Waals surface area (Å²) in [6.45, 7) is 31.5. The molecule has 0 heterocycles. The van der Waals surface area contributed by atoms with Crippen molar-refractivity contribution in [2.75, 3.05) is 0 Å². The van der Waals surface area contributed by atoms with Gasteiger partial charge in [0, 0.05) is 0 Å². The number of hydrogen-bond donors (Lipinski definition) is 0. The number of aryl methyl sites for hydroxylation is 2. The highest BCUT2D eigenvalue weighted by atomic mass is 27.2. The van der Waals surface area contributed by atoms with Gasteiger partial charge >= 0.3 is 15.9 Å². The van der Waals surface area contributed by atoms with Crippen LogP contribution in [-0.2, 0) is 21.7 Å². The normalized spacial score (nSPS) is 13.2. The third-order valence-corrected chi connectivity index (χ3v) is 6.92. The Labute approximate surface area is 210 Å². The van der Waals surface area contributed by atoms with Gasteiger partial charge in [-0.25, -0.2) is 0 Å². The fraction of sp³-hybridized carbons (Fsp3) is 0.600. The second-order valence-electron chi connectivity index (χ2n) is 13.8. The van der Waals surface area contributed by atoms with Crippen molar-refractivity contribution in [1.29, 1.82) is 0 Å². The number of rotatable bonds is 4. The molecule has 0 aliphatic carbocycles. The summed E-state index contributed by atoms with van der Waals surface area (Å²) in [4.78, 5) is 0. The minimum Gasteiger partial charge on any atom is -0.614 e. The molecule has 0 saturated heterocycles. The van der Waals surface area contributed by atoms with Crippen molar-refractivity contribution < 1.29 is 7.58 Å². The summed E-state index contributed by atoms with van der Waals surface area (Å²) in [5.74, 6) is 2.04. The van der Waals surface area contributed by atoms with Gasteiger partial charge in [-0.1, -0.05) is 118 Å².